The van der Waals surface area contributed by atoms with Crippen molar-refractivity contribution in [1.82, 2.24) is 25.1 Å². The Hall–Kier alpha value is -3.86. The van der Waals surface area contributed by atoms with Gasteiger partial charge in [-0.1, -0.05) is 18.2 Å². The molecule has 0 saturated carbocycles. The number of ether oxygens (including phenoxy) is 2. The Morgan fingerprint density at radius 2 is 2.06 bits per heavy atom. The van der Waals surface area contributed by atoms with E-state index in [9.17, 15) is 14.0 Å². The number of hydrogen-bond donors (Lipinski definition) is 1. The third-order valence-corrected chi connectivity index (χ3v) is 4.76. The molecule has 3 aromatic rings. The van der Waals surface area contributed by atoms with Crippen molar-refractivity contribution in [2.45, 2.75) is 13.0 Å². The molecule has 2 aromatic heterocycles. The normalized spacial score (nSPS) is 10.4. The van der Waals surface area contributed by atoms with Crippen molar-refractivity contribution >= 4 is 27.9 Å². The first-order chi connectivity index (χ1) is 15.9. The zero-order valence-corrected chi connectivity index (χ0v) is 18.9. The summed E-state index contributed by atoms with van der Waals surface area (Å²) in [5.74, 6) is -1.09. The molecule has 11 heteroatoms. The Morgan fingerprint density at radius 1 is 1.24 bits per heavy atom. The van der Waals surface area contributed by atoms with Gasteiger partial charge in [0.25, 0.3) is 5.91 Å². The maximum absolute atomic E-state index is 13.9. The summed E-state index contributed by atoms with van der Waals surface area (Å²) in [5, 5.41) is 9.93. The molecule has 0 saturated heterocycles. The third-order valence-electron chi connectivity index (χ3n) is 4.15. The van der Waals surface area contributed by atoms with Gasteiger partial charge in [0, 0.05) is 18.7 Å². The number of pyridine rings is 1. The van der Waals surface area contributed by atoms with Gasteiger partial charge in [-0.3, -0.25) is 10.1 Å². The Morgan fingerprint density at radius 3 is 2.82 bits per heavy atom. The van der Waals surface area contributed by atoms with Gasteiger partial charge >= 0.3 is 6.09 Å². The minimum Gasteiger partial charge on any atom is -0.492 e. The van der Waals surface area contributed by atoms with Crippen molar-refractivity contribution in [2.24, 2.45) is 0 Å². The third kappa shape index (κ3) is 6.10. The van der Waals surface area contributed by atoms with Crippen LogP contribution in [0.3, 0.4) is 0 Å². The number of aromatic nitrogens is 4. The fraction of sp³-hybridized carbons (Fsp3) is 0.136. The van der Waals surface area contributed by atoms with Crippen molar-refractivity contribution in [3.63, 3.8) is 0 Å². The maximum Gasteiger partial charge on any atom is 0.420 e. The van der Waals surface area contributed by atoms with Crippen LogP contribution in [0.1, 0.15) is 16.8 Å². The molecule has 0 aliphatic heterocycles. The number of halogens is 2. The van der Waals surface area contributed by atoms with Crippen molar-refractivity contribution in [1.29, 1.82) is 0 Å². The molecule has 0 radical (unpaired) electrons. The van der Waals surface area contributed by atoms with Crippen LogP contribution in [0.15, 0.2) is 66.4 Å². The number of allylic oxidation sites excluding steroid dienone is 1. The van der Waals surface area contributed by atoms with Crippen molar-refractivity contribution in [3.05, 3.63) is 77.8 Å². The van der Waals surface area contributed by atoms with E-state index in [0.717, 1.165) is 6.07 Å². The van der Waals surface area contributed by atoms with Crippen molar-refractivity contribution < 1.29 is 23.5 Å². The van der Waals surface area contributed by atoms with E-state index in [-0.39, 0.29) is 28.3 Å². The minimum absolute atomic E-state index is 0.0236. The van der Waals surface area contributed by atoms with Gasteiger partial charge in [-0.05, 0) is 34.5 Å². The van der Waals surface area contributed by atoms with Gasteiger partial charge in [-0.15, -0.1) is 23.4 Å². The Bertz CT molecular complexity index is 1200. The van der Waals surface area contributed by atoms with Gasteiger partial charge in [-0.2, -0.15) is 0 Å². The number of imide groups is 1. The van der Waals surface area contributed by atoms with Crippen LogP contribution in [0.4, 0.5) is 9.18 Å². The Kier molecular flexibility index (Phi) is 8.03. The van der Waals surface area contributed by atoms with Gasteiger partial charge in [0.2, 0.25) is 5.88 Å². The van der Waals surface area contributed by atoms with E-state index >= 15 is 0 Å². The quantitative estimate of drug-likeness (QED) is 0.334. The van der Waals surface area contributed by atoms with E-state index in [0.29, 0.717) is 24.5 Å². The first-order valence-corrected chi connectivity index (χ1v) is 10.4. The number of hydrogen-bond acceptors (Lipinski definition) is 7. The van der Waals surface area contributed by atoms with Gasteiger partial charge in [0.1, 0.15) is 23.6 Å². The van der Waals surface area contributed by atoms with Crippen LogP contribution in [0.5, 0.6) is 11.6 Å². The van der Waals surface area contributed by atoms with E-state index in [1.807, 2.05) is 0 Å². The zero-order chi connectivity index (χ0) is 23.8. The average molecular weight is 516 g/mol. The van der Waals surface area contributed by atoms with E-state index in [1.54, 1.807) is 28.9 Å². The molecule has 3 rings (SSSR count). The zero-order valence-electron chi connectivity index (χ0n) is 17.3. The molecule has 1 aromatic carbocycles. The van der Waals surface area contributed by atoms with E-state index in [2.05, 4.69) is 49.6 Å². The molecule has 0 unspecified atom stereocenters. The van der Waals surface area contributed by atoms with Crippen LogP contribution in [-0.2, 0) is 6.54 Å². The lowest BCUT2D eigenvalue weighted by Crippen LogP contribution is -2.33. The second-order valence-electron chi connectivity index (χ2n) is 6.49. The number of amides is 2. The predicted molar refractivity (Wildman–Crippen MR) is 121 cm³/mol. The highest BCUT2D eigenvalue weighted by Gasteiger charge is 2.20. The average Bonchev–Trinajstić information content (AvgIpc) is 3.25. The van der Waals surface area contributed by atoms with Gasteiger partial charge < -0.3 is 14.0 Å². The van der Waals surface area contributed by atoms with Crippen molar-refractivity contribution in [3.8, 4) is 23.1 Å². The van der Waals surface area contributed by atoms with Crippen LogP contribution in [-0.4, -0.2) is 38.4 Å². The van der Waals surface area contributed by atoms with Gasteiger partial charge in [-0.25, -0.2) is 14.2 Å². The second-order valence-corrected chi connectivity index (χ2v) is 7.34. The number of carbonyl (C=O) groups is 2. The molecule has 9 nitrogen and oxygen atoms in total. The number of nitrogens with one attached hydrogen (secondary N) is 1. The summed E-state index contributed by atoms with van der Waals surface area (Å²) in [7, 11) is 0. The Labute approximate surface area is 197 Å². The Balaban J connectivity index is 1.73. The van der Waals surface area contributed by atoms with E-state index in [4.69, 9.17) is 9.47 Å². The van der Waals surface area contributed by atoms with E-state index in [1.165, 1.54) is 18.5 Å². The number of benzene rings is 1. The lowest BCUT2D eigenvalue weighted by atomic mass is 10.2. The summed E-state index contributed by atoms with van der Waals surface area (Å²) >= 11 is 3.02. The molecule has 33 heavy (non-hydrogen) atoms. The highest BCUT2D eigenvalue weighted by molar-refractivity contribution is 9.10. The topological polar surface area (TPSA) is 108 Å². The fourth-order valence-corrected chi connectivity index (χ4v) is 3.02. The maximum atomic E-state index is 13.9. The summed E-state index contributed by atoms with van der Waals surface area (Å²) in [4.78, 5) is 29.2. The lowest BCUT2D eigenvalue weighted by molar-refractivity contribution is 0.0946. The minimum atomic E-state index is -1.07. The largest absolute Gasteiger partial charge is 0.492 e. The van der Waals surface area contributed by atoms with Gasteiger partial charge in [0.15, 0.2) is 5.82 Å². The molecule has 2 amide bonds. The fourth-order valence-electron chi connectivity index (χ4n) is 2.68. The standard InChI is InChI=1S/C22H19BrFN5O4/c1-3-5-10-32-18-12-16(24)15(23)11-14(18)21(30)27-22(31)33-19-8-6-7-17(26-19)20-28-25-13-29(20)9-4-2/h3-4,6-8,11-13H,1-2,5,9-10H2,(H,27,30,31). The molecular weight excluding hydrogens is 497 g/mol. The van der Waals surface area contributed by atoms with Crippen LogP contribution < -0.4 is 14.8 Å². The molecule has 0 fully saturated rings. The number of carbonyl (C=O) groups excluding carboxylic acids is 2. The second kappa shape index (κ2) is 11.1. The molecule has 0 aliphatic rings. The highest BCUT2D eigenvalue weighted by Crippen LogP contribution is 2.27. The molecule has 1 N–H and O–H groups in total. The molecule has 2 heterocycles. The highest BCUT2D eigenvalue weighted by atomic mass is 79.9. The van der Waals surface area contributed by atoms with E-state index < -0.39 is 17.8 Å². The molecular formula is C22H19BrFN5O4. The monoisotopic (exact) mass is 515 g/mol. The van der Waals surface area contributed by atoms with Crippen molar-refractivity contribution in [2.75, 3.05) is 6.61 Å². The molecule has 0 atom stereocenters. The number of rotatable bonds is 9. The van der Waals surface area contributed by atoms with Gasteiger partial charge in [0.05, 0.1) is 16.6 Å². The molecule has 0 bridgehead atoms. The first kappa shape index (κ1) is 23.8. The van der Waals surface area contributed by atoms with Crippen LogP contribution in [0, 0.1) is 5.82 Å². The summed E-state index contributed by atoms with van der Waals surface area (Å²) in [6.07, 6.45) is 4.23. The summed E-state index contributed by atoms with van der Waals surface area (Å²) in [6.45, 7) is 7.90. The van der Waals surface area contributed by atoms with Crippen LogP contribution >= 0.6 is 15.9 Å². The smallest absolute Gasteiger partial charge is 0.420 e. The summed E-state index contributed by atoms with van der Waals surface area (Å²) in [5.41, 5.74) is 0.356. The number of nitrogens with zero attached hydrogens (tertiary/aromatic N) is 4. The summed E-state index contributed by atoms with van der Waals surface area (Å²) in [6, 6.07) is 7.00. The van der Waals surface area contributed by atoms with Crippen LogP contribution in [0.25, 0.3) is 11.5 Å². The van der Waals surface area contributed by atoms with Crippen LogP contribution in [0.2, 0.25) is 0 Å². The molecule has 170 valence electrons. The first-order valence-electron chi connectivity index (χ1n) is 9.65. The predicted octanol–water partition coefficient (Wildman–Crippen LogP) is 4.31. The SMILES string of the molecule is C=CCCOc1cc(F)c(Br)cc1C(=O)NC(=O)Oc1cccc(-c2nncn2CC=C)n1. The summed E-state index contributed by atoms with van der Waals surface area (Å²) < 4.78 is 26.2. The lowest BCUT2D eigenvalue weighted by Gasteiger charge is -2.12. The molecule has 0 spiro atoms. The molecule has 0 aliphatic carbocycles.